The fraction of sp³-hybridized carbons (Fsp3) is 0.846. The number of alkyl halides is 2. The Bertz CT molecular complexity index is 433. The average molecular weight is 291 g/mol. The van der Waals surface area contributed by atoms with E-state index in [0.29, 0.717) is 0 Å². The molecule has 0 bridgehead atoms. The van der Waals surface area contributed by atoms with Gasteiger partial charge >= 0.3 is 12.1 Å². The molecule has 0 unspecified atom stereocenters. The van der Waals surface area contributed by atoms with Crippen molar-refractivity contribution < 1.29 is 28.2 Å². The molecular formula is C13H19F2NO4. The average Bonchev–Trinajstić information content (AvgIpc) is 2.65. The summed E-state index contributed by atoms with van der Waals surface area (Å²) in [6.07, 6.45) is -1.59. The number of aliphatic carboxylic acids is 1. The van der Waals surface area contributed by atoms with Crippen LogP contribution in [-0.2, 0) is 9.53 Å². The van der Waals surface area contributed by atoms with Gasteiger partial charge < -0.3 is 9.84 Å². The second-order valence-electron chi connectivity index (χ2n) is 6.60. The van der Waals surface area contributed by atoms with Gasteiger partial charge in [-0.2, -0.15) is 0 Å². The molecule has 1 amide bonds. The van der Waals surface area contributed by atoms with Crippen molar-refractivity contribution in [2.24, 2.45) is 11.8 Å². The second kappa shape index (κ2) is 4.56. The van der Waals surface area contributed by atoms with E-state index in [2.05, 4.69) is 0 Å². The summed E-state index contributed by atoms with van der Waals surface area (Å²) < 4.78 is 31.9. The number of ether oxygens (including phenoxy) is 1. The molecule has 114 valence electrons. The summed E-state index contributed by atoms with van der Waals surface area (Å²) >= 11 is 0. The molecule has 3 atom stereocenters. The van der Waals surface area contributed by atoms with Gasteiger partial charge in [0.1, 0.15) is 11.6 Å². The third kappa shape index (κ3) is 2.86. The maximum absolute atomic E-state index is 13.4. The zero-order valence-corrected chi connectivity index (χ0v) is 11.7. The molecular weight excluding hydrogens is 272 g/mol. The highest BCUT2D eigenvalue weighted by Crippen LogP contribution is 2.49. The first-order valence-electron chi connectivity index (χ1n) is 6.60. The fourth-order valence-electron chi connectivity index (χ4n) is 3.12. The lowest BCUT2D eigenvalue weighted by Crippen LogP contribution is -2.46. The number of rotatable bonds is 1. The van der Waals surface area contributed by atoms with Crippen molar-refractivity contribution in [3.05, 3.63) is 0 Å². The molecule has 7 heteroatoms. The minimum absolute atomic E-state index is 0.0200. The third-order valence-electron chi connectivity index (χ3n) is 3.75. The van der Waals surface area contributed by atoms with Crippen LogP contribution in [0, 0.1) is 11.8 Å². The van der Waals surface area contributed by atoms with Crippen LogP contribution in [0.15, 0.2) is 0 Å². The van der Waals surface area contributed by atoms with Crippen LogP contribution in [0.1, 0.15) is 33.6 Å². The largest absolute Gasteiger partial charge is 0.480 e. The highest BCUT2D eigenvalue weighted by molar-refractivity contribution is 5.81. The van der Waals surface area contributed by atoms with E-state index < -0.39 is 47.9 Å². The highest BCUT2D eigenvalue weighted by Gasteiger charge is 2.58. The van der Waals surface area contributed by atoms with Crippen molar-refractivity contribution >= 4 is 12.1 Å². The third-order valence-corrected chi connectivity index (χ3v) is 3.75. The van der Waals surface area contributed by atoms with Crippen LogP contribution in [-0.4, -0.2) is 46.2 Å². The molecule has 0 aromatic heterocycles. The minimum Gasteiger partial charge on any atom is -0.480 e. The van der Waals surface area contributed by atoms with E-state index in [0.717, 1.165) is 4.90 Å². The van der Waals surface area contributed by atoms with E-state index in [9.17, 15) is 23.5 Å². The van der Waals surface area contributed by atoms with Gasteiger partial charge in [-0.3, -0.25) is 4.90 Å². The molecule has 1 aliphatic carbocycles. The number of hydrogen-bond donors (Lipinski definition) is 1. The molecule has 1 aliphatic heterocycles. The van der Waals surface area contributed by atoms with E-state index in [4.69, 9.17) is 4.74 Å². The Morgan fingerprint density at radius 2 is 1.90 bits per heavy atom. The molecule has 0 aromatic carbocycles. The Morgan fingerprint density at radius 3 is 2.40 bits per heavy atom. The molecule has 1 saturated carbocycles. The summed E-state index contributed by atoms with van der Waals surface area (Å²) in [4.78, 5) is 24.4. The molecule has 0 aromatic rings. The summed E-state index contributed by atoms with van der Waals surface area (Å²) in [6, 6.07) is -1.22. The number of carboxylic acid groups (broad SMARTS) is 1. The Hall–Kier alpha value is -1.40. The molecule has 2 aliphatic rings. The van der Waals surface area contributed by atoms with Crippen LogP contribution >= 0.6 is 0 Å². The maximum atomic E-state index is 13.4. The molecule has 0 spiro atoms. The van der Waals surface area contributed by atoms with Crippen molar-refractivity contribution in [1.29, 1.82) is 0 Å². The fourth-order valence-corrected chi connectivity index (χ4v) is 3.12. The van der Waals surface area contributed by atoms with E-state index in [1.807, 2.05) is 0 Å². The van der Waals surface area contributed by atoms with Crippen LogP contribution in [0.25, 0.3) is 0 Å². The molecule has 2 rings (SSSR count). The van der Waals surface area contributed by atoms with E-state index in [1.165, 1.54) is 0 Å². The smallest absolute Gasteiger partial charge is 0.411 e. The van der Waals surface area contributed by atoms with Gasteiger partial charge in [0.2, 0.25) is 5.92 Å². The number of hydrogen-bond acceptors (Lipinski definition) is 3. The first-order chi connectivity index (χ1) is 9.00. The van der Waals surface area contributed by atoms with Crippen LogP contribution < -0.4 is 0 Å². The molecule has 1 saturated heterocycles. The summed E-state index contributed by atoms with van der Waals surface area (Å²) in [7, 11) is 0. The lowest BCUT2D eigenvalue weighted by Gasteiger charge is -2.28. The Labute approximate surface area is 115 Å². The van der Waals surface area contributed by atoms with E-state index in [1.54, 1.807) is 20.8 Å². The van der Waals surface area contributed by atoms with Gasteiger partial charge in [-0.1, -0.05) is 0 Å². The summed E-state index contributed by atoms with van der Waals surface area (Å²) in [5.41, 5.74) is -0.748. The first kappa shape index (κ1) is 15.0. The number of nitrogens with zero attached hydrogens (tertiary/aromatic N) is 1. The van der Waals surface area contributed by atoms with E-state index >= 15 is 0 Å². The van der Waals surface area contributed by atoms with Gasteiger partial charge in [-0.15, -0.1) is 0 Å². The number of fused-ring (bicyclic) bond motifs is 1. The van der Waals surface area contributed by atoms with Crippen molar-refractivity contribution in [1.82, 2.24) is 4.90 Å². The van der Waals surface area contributed by atoms with Crippen molar-refractivity contribution in [2.75, 3.05) is 6.54 Å². The maximum Gasteiger partial charge on any atom is 0.411 e. The van der Waals surface area contributed by atoms with Gasteiger partial charge in [0.15, 0.2) is 0 Å². The molecule has 1 heterocycles. The lowest BCUT2D eigenvalue weighted by atomic mass is 9.94. The predicted molar refractivity (Wildman–Crippen MR) is 65.5 cm³/mol. The Balaban J connectivity index is 2.16. The number of carbonyl (C=O) groups excluding carboxylic acids is 1. The number of carbonyl (C=O) groups is 2. The number of likely N-dealkylation sites (tertiary alicyclic amines) is 1. The van der Waals surface area contributed by atoms with Crippen LogP contribution in [0.5, 0.6) is 0 Å². The van der Waals surface area contributed by atoms with Gasteiger partial charge in [0.05, 0.1) is 0 Å². The topological polar surface area (TPSA) is 66.8 Å². The standard InChI is InChI=1S/C13H19F2NO4/c1-12(2,3)20-11(19)16-6-7-4-13(14,15)5-8(7)9(16)10(17)18/h7-9H,4-6H2,1-3H3,(H,17,18)/t7-,8-,9-/m0/s1. The van der Waals surface area contributed by atoms with Gasteiger partial charge in [0, 0.05) is 25.3 Å². The lowest BCUT2D eigenvalue weighted by molar-refractivity contribution is -0.143. The van der Waals surface area contributed by atoms with E-state index in [-0.39, 0.29) is 13.0 Å². The zero-order valence-electron chi connectivity index (χ0n) is 11.7. The highest BCUT2D eigenvalue weighted by atomic mass is 19.3. The van der Waals surface area contributed by atoms with Crippen molar-refractivity contribution in [3.63, 3.8) is 0 Å². The second-order valence-corrected chi connectivity index (χ2v) is 6.60. The summed E-state index contributed by atoms with van der Waals surface area (Å²) in [6.45, 7) is 5.04. The summed E-state index contributed by atoms with van der Waals surface area (Å²) in [5, 5.41) is 9.25. The Kier molecular flexibility index (Phi) is 3.42. The van der Waals surface area contributed by atoms with Gasteiger partial charge in [0.25, 0.3) is 0 Å². The number of carboxylic acids is 1. The van der Waals surface area contributed by atoms with Gasteiger partial charge in [-0.05, 0) is 26.7 Å². The Morgan fingerprint density at radius 1 is 1.30 bits per heavy atom. The summed E-state index contributed by atoms with van der Waals surface area (Å²) in [5.74, 6) is -5.25. The quantitative estimate of drug-likeness (QED) is 0.805. The van der Waals surface area contributed by atoms with Crippen LogP contribution in [0.4, 0.5) is 13.6 Å². The molecule has 0 radical (unpaired) electrons. The van der Waals surface area contributed by atoms with Crippen molar-refractivity contribution in [3.8, 4) is 0 Å². The normalized spacial score (nSPS) is 32.0. The molecule has 1 N–H and O–H groups in total. The van der Waals surface area contributed by atoms with Gasteiger partial charge in [-0.25, -0.2) is 18.4 Å². The monoisotopic (exact) mass is 291 g/mol. The number of amides is 1. The van der Waals surface area contributed by atoms with Crippen LogP contribution in [0.3, 0.4) is 0 Å². The SMILES string of the molecule is CC(C)(C)OC(=O)N1C[C@@H]2CC(F)(F)C[C@@H]2[C@H]1C(=O)O. The van der Waals surface area contributed by atoms with Crippen LogP contribution in [0.2, 0.25) is 0 Å². The zero-order chi connectivity index (χ0) is 15.3. The van der Waals surface area contributed by atoms with Crippen molar-refractivity contribution in [2.45, 2.75) is 51.2 Å². The molecule has 20 heavy (non-hydrogen) atoms. The predicted octanol–water partition coefficient (Wildman–Crippen LogP) is 2.35. The minimum atomic E-state index is -2.83. The first-order valence-corrected chi connectivity index (χ1v) is 6.60. The molecule has 2 fully saturated rings. The number of halogens is 2. The molecule has 5 nitrogen and oxygen atoms in total.